The van der Waals surface area contributed by atoms with Crippen LogP contribution >= 0.6 is 0 Å². The summed E-state index contributed by atoms with van der Waals surface area (Å²) in [7, 11) is 1.29. The van der Waals surface area contributed by atoms with Crippen LogP contribution < -0.4 is 10.3 Å². The van der Waals surface area contributed by atoms with Gasteiger partial charge in [0.05, 0.1) is 13.3 Å². The van der Waals surface area contributed by atoms with Crippen LogP contribution in [0.1, 0.15) is 5.56 Å². The molecule has 0 atom stereocenters. The Balaban J connectivity index is 1.87. The van der Waals surface area contributed by atoms with Gasteiger partial charge in [0, 0.05) is 17.1 Å². The van der Waals surface area contributed by atoms with Crippen molar-refractivity contribution in [3.05, 3.63) is 90.5 Å². The Morgan fingerprint density at radius 2 is 1.35 bits per heavy atom. The van der Waals surface area contributed by atoms with Gasteiger partial charge in [0.2, 0.25) is 0 Å². The summed E-state index contributed by atoms with van der Waals surface area (Å²) >= 11 is 0. The molecule has 1 N–H and O–H groups in total. The molecule has 26 heavy (non-hydrogen) atoms. The number of amides is 1. The lowest BCUT2D eigenvalue weighted by Crippen LogP contribution is -2.16. The van der Waals surface area contributed by atoms with E-state index in [9.17, 15) is 4.79 Å². The maximum absolute atomic E-state index is 11.0. The van der Waals surface area contributed by atoms with Gasteiger partial charge in [-0.25, -0.2) is 10.2 Å². The maximum atomic E-state index is 11.0. The van der Waals surface area contributed by atoms with Crippen molar-refractivity contribution in [2.75, 3.05) is 12.0 Å². The van der Waals surface area contributed by atoms with Gasteiger partial charge in [0.1, 0.15) is 0 Å². The third kappa shape index (κ3) is 4.27. The molecule has 3 aromatic rings. The monoisotopic (exact) mass is 345 g/mol. The molecule has 0 aliphatic heterocycles. The van der Waals surface area contributed by atoms with Crippen molar-refractivity contribution in [1.82, 2.24) is 5.43 Å². The van der Waals surface area contributed by atoms with Crippen molar-refractivity contribution >= 4 is 29.4 Å². The zero-order valence-electron chi connectivity index (χ0n) is 14.4. The molecular weight excluding hydrogens is 326 g/mol. The molecule has 0 saturated carbocycles. The lowest BCUT2D eigenvalue weighted by atomic mass is 10.1. The average molecular weight is 345 g/mol. The van der Waals surface area contributed by atoms with Gasteiger partial charge in [-0.3, -0.25) is 0 Å². The highest BCUT2D eigenvalue weighted by molar-refractivity contribution is 5.83. The number of rotatable bonds is 5. The van der Waals surface area contributed by atoms with Crippen LogP contribution in [0.25, 0.3) is 0 Å². The van der Waals surface area contributed by atoms with E-state index in [0.717, 1.165) is 22.6 Å². The number of hydrogen-bond donors (Lipinski definition) is 1. The summed E-state index contributed by atoms with van der Waals surface area (Å²) in [4.78, 5) is 13.2. The number of carbonyl (C=O) groups excluding carboxylic acids is 1. The van der Waals surface area contributed by atoms with Gasteiger partial charge >= 0.3 is 6.09 Å². The molecule has 0 radical (unpaired) electrons. The number of methoxy groups -OCH3 is 1. The lowest BCUT2D eigenvalue weighted by Gasteiger charge is -2.25. The van der Waals surface area contributed by atoms with Crippen molar-refractivity contribution in [2.45, 2.75) is 0 Å². The number of anilines is 3. The number of benzene rings is 3. The zero-order chi connectivity index (χ0) is 18.2. The van der Waals surface area contributed by atoms with Crippen molar-refractivity contribution in [3.8, 4) is 0 Å². The molecule has 0 saturated heterocycles. The second kappa shape index (κ2) is 8.48. The molecule has 3 aromatic carbocycles. The smallest absolute Gasteiger partial charge is 0.427 e. The molecule has 0 aliphatic carbocycles. The number of hydrazone groups is 1. The van der Waals surface area contributed by atoms with E-state index in [1.807, 2.05) is 60.7 Å². The molecule has 0 fully saturated rings. The van der Waals surface area contributed by atoms with Gasteiger partial charge in [-0.05, 0) is 42.0 Å². The van der Waals surface area contributed by atoms with Crippen LogP contribution in [-0.4, -0.2) is 19.4 Å². The summed E-state index contributed by atoms with van der Waals surface area (Å²) in [5, 5.41) is 3.84. The second-order valence-electron chi connectivity index (χ2n) is 5.46. The topological polar surface area (TPSA) is 53.9 Å². The molecule has 5 heteroatoms. The molecule has 0 unspecified atom stereocenters. The Morgan fingerprint density at radius 3 is 1.85 bits per heavy atom. The first kappa shape index (κ1) is 17.2. The highest BCUT2D eigenvalue weighted by Crippen LogP contribution is 2.33. The molecule has 130 valence electrons. The molecule has 0 spiro atoms. The summed E-state index contributed by atoms with van der Waals surface area (Å²) in [5.41, 5.74) is 6.32. The number of para-hydroxylation sites is 2. The van der Waals surface area contributed by atoms with E-state index in [-0.39, 0.29) is 0 Å². The Labute approximate surface area is 152 Å². The van der Waals surface area contributed by atoms with Crippen LogP contribution in [0, 0.1) is 0 Å². The summed E-state index contributed by atoms with van der Waals surface area (Å²) in [5.74, 6) is 0. The van der Waals surface area contributed by atoms with E-state index in [2.05, 4.69) is 44.4 Å². The first-order chi connectivity index (χ1) is 12.8. The van der Waals surface area contributed by atoms with E-state index in [4.69, 9.17) is 0 Å². The highest BCUT2D eigenvalue weighted by Gasteiger charge is 2.11. The van der Waals surface area contributed by atoms with Crippen LogP contribution in [-0.2, 0) is 4.74 Å². The molecule has 0 bridgehead atoms. The fourth-order valence-electron chi connectivity index (χ4n) is 2.52. The standard InChI is InChI=1S/C21H19N3O2/c1-26-21(25)23-22-16-17-12-14-20(15-13-17)24(18-8-4-2-5-9-18)19-10-6-3-7-11-19/h2-16H,1H3,(H,23,25). The normalized spacial score (nSPS) is 10.5. The van der Waals surface area contributed by atoms with E-state index in [1.165, 1.54) is 7.11 Å². The fourth-order valence-corrected chi connectivity index (χ4v) is 2.52. The second-order valence-corrected chi connectivity index (χ2v) is 5.46. The molecule has 1 amide bonds. The van der Waals surface area contributed by atoms with Crippen LogP contribution in [0.3, 0.4) is 0 Å². The largest absolute Gasteiger partial charge is 0.452 e. The van der Waals surface area contributed by atoms with E-state index >= 15 is 0 Å². The third-order valence-electron chi connectivity index (χ3n) is 3.73. The van der Waals surface area contributed by atoms with Crippen molar-refractivity contribution in [2.24, 2.45) is 5.10 Å². The van der Waals surface area contributed by atoms with Crippen molar-refractivity contribution < 1.29 is 9.53 Å². The number of hydrogen-bond acceptors (Lipinski definition) is 4. The first-order valence-electron chi connectivity index (χ1n) is 8.15. The van der Waals surface area contributed by atoms with Crippen LogP contribution in [0.15, 0.2) is 90.0 Å². The van der Waals surface area contributed by atoms with Crippen molar-refractivity contribution in [1.29, 1.82) is 0 Å². The summed E-state index contributed by atoms with van der Waals surface area (Å²) < 4.78 is 4.47. The lowest BCUT2D eigenvalue weighted by molar-refractivity contribution is 0.171. The highest BCUT2D eigenvalue weighted by atomic mass is 16.5. The van der Waals surface area contributed by atoms with Gasteiger partial charge in [-0.1, -0.05) is 48.5 Å². The van der Waals surface area contributed by atoms with Crippen LogP contribution in [0.4, 0.5) is 21.9 Å². The minimum Gasteiger partial charge on any atom is -0.452 e. The Kier molecular flexibility index (Phi) is 5.62. The van der Waals surface area contributed by atoms with Gasteiger partial charge in [0.15, 0.2) is 0 Å². The molecule has 0 aliphatic rings. The minimum absolute atomic E-state index is 0.600. The predicted octanol–water partition coefficient (Wildman–Crippen LogP) is 4.85. The quantitative estimate of drug-likeness (QED) is 0.531. The minimum atomic E-state index is -0.600. The SMILES string of the molecule is COC(=O)NN=Cc1ccc(N(c2ccccc2)c2ccccc2)cc1. The van der Waals surface area contributed by atoms with Gasteiger partial charge < -0.3 is 9.64 Å². The molecular formula is C21H19N3O2. The summed E-state index contributed by atoms with van der Waals surface area (Å²) in [6, 6.07) is 28.3. The first-order valence-corrected chi connectivity index (χ1v) is 8.15. The summed E-state index contributed by atoms with van der Waals surface area (Å²) in [6.45, 7) is 0. The molecule has 5 nitrogen and oxygen atoms in total. The van der Waals surface area contributed by atoms with Crippen LogP contribution in [0.2, 0.25) is 0 Å². The maximum Gasteiger partial charge on any atom is 0.427 e. The Morgan fingerprint density at radius 1 is 0.846 bits per heavy atom. The van der Waals surface area contributed by atoms with Gasteiger partial charge in [-0.2, -0.15) is 5.10 Å². The number of nitrogens with one attached hydrogen (secondary N) is 1. The molecule has 3 rings (SSSR count). The fraction of sp³-hybridized carbons (Fsp3) is 0.0476. The van der Waals surface area contributed by atoms with Gasteiger partial charge in [0.25, 0.3) is 0 Å². The summed E-state index contributed by atoms with van der Waals surface area (Å²) in [6.07, 6.45) is 0.966. The van der Waals surface area contributed by atoms with E-state index in [0.29, 0.717) is 0 Å². The molecule has 0 aromatic heterocycles. The predicted molar refractivity (Wildman–Crippen MR) is 104 cm³/mol. The number of carbonyl (C=O) groups is 1. The number of ether oxygens (including phenoxy) is 1. The number of nitrogens with zero attached hydrogens (tertiary/aromatic N) is 2. The Bertz CT molecular complexity index is 823. The van der Waals surface area contributed by atoms with E-state index in [1.54, 1.807) is 6.21 Å². The van der Waals surface area contributed by atoms with Crippen molar-refractivity contribution in [3.63, 3.8) is 0 Å². The van der Waals surface area contributed by atoms with Gasteiger partial charge in [-0.15, -0.1) is 0 Å². The average Bonchev–Trinajstić information content (AvgIpc) is 2.71. The zero-order valence-corrected chi connectivity index (χ0v) is 14.4. The molecule has 0 heterocycles. The third-order valence-corrected chi connectivity index (χ3v) is 3.73. The van der Waals surface area contributed by atoms with Crippen LogP contribution in [0.5, 0.6) is 0 Å². The van der Waals surface area contributed by atoms with E-state index < -0.39 is 6.09 Å². The Hall–Kier alpha value is -3.60.